The van der Waals surface area contributed by atoms with E-state index in [1.165, 1.54) is 6.07 Å². The minimum absolute atomic E-state index is 0.231. The first-order chi connectivity index (χ1) is 9.97. The second-order valence-corrected chi connectivity index (χ2v) is 5.00. The van der Waals surface area contributed by atoms with E-state index in [4.69, 9.17) is 4.52 Å². The number of carbonyl (C=O) groups excluding carboxylic acids is 1. The first kappa shape index (κ1) is 15.2. The van der Waals surface area contributed by atoms with Crippen LogP contribution >= 0.6 is 0 Å². The molecule has 0 saturated carbocycles. The van der Waals surface area contributed by atoms with E-state index >= 15 is 0 Å². The molecule has 0 aliphatic carbocycles. The molecule has 21 heavy (non-hydrogen) atoms. The largest absolute Gasteiger partial charge is 0.338 e. The Kier molecular flexibility index (Phi) is 4.70. The summed E-state index contributed by atoms with van der Waals surface area (Å²) in [6.45, 7) is 3.86. The van der Waals surface area contributed by atoms with Crippen molar-refractivity contribution in [1.29, 1.82) is 0 Å². The molecule has 1 amide bonds. The van der Waals surface area contributed by atoms with Crippen LogP contribution in [0.25, 0.3) is 0 Å². The van der Waals surface area contributed by atoms with Crippen LogP contribution in [-0.4, -0.2) is 29.1 Å². The number of anilines is 1. The fourth-order valence-electron chi connectivity index (χ4n) is 1.88. The number of likely N-dealkylation sites (N-methyl/N-ethyl adjacent to an activating group) is 1. The molecule has 0 bridgehead atoms. The molecule has 6 heteroatoms. The number of aryl methyl sites for hydroxylation is 1. The topological polar surface area (TPSA) is 58.4 Å². The Hall–Kier alpha value is -2.21. The van der Waals surface area contributed by atoms with Crippen LogP contribution in [0.3, 0.4) is 0 Å². The number of benzene rings is 1. The fourth-order valence-corrected chi connectivity index (χ4v) is 1.88. The number of nitrogens with one attached hydrogen (secondary N) is 1. The molecule has 2 aromatic rings. The molecule has 1 aromatic heterocycles. The van der Waals surface area contributed by atoms with Gasteiger partial charge in [0.15, 0.2) is 0 Å². The highest BCUT2D eigenvalue weighted by Crippen LogP contribution is 2.13. The molecule has 1 N–H and O–H groups in total. The number of carbonyl (C=O) groups is 1. The Bertz CT molecular complexity index is 627. The number of nitrogens with zero attached hydrogens (tertiary/aromatic N) is 2. The Balaban J connectivity index is 1.97. The van der Waals surface area contributed by atoms with E-state index in [9.17, 15) is 9.18 Å². The molecule has 0 radical (unpaired) electrons. The maximum atomic E-state index is 13.6. The summed E-state index contributed by atoms with van der Waals surface area (Å²) in [5.74, 6) is -0.198. The van der Waals surface area contributed by atoms with Crippen LogP contribution < -0.4 is 5.32 Å². The summed E-state index contributed by atoms with van der Waals surface area (Å²) in [4.78, 5) is 13.9. The lowest BCUT2D eigenvalue weighted by atomic mass is 10.1. The summed E-state index contributed by atoms with van der Waals surface area (Å²) in [6, 6.07) is 7.73. The van der Waals surface area contributed by atoms with Crippen molar-refractivity contribution in [3.63, 3.8) is 0 Å². The summed E-state index contributed by atoms with van der Waals surface area (Å²) in [5.41, 5.74) is 1.24. The molecule has 0 spiro atoms. The van der Waals surface area contributed by atoms with E-state index < -0.39 is 6.04 Å². The van der Waals surface area contributed by atoms with Gasteiger partial charge in [0.2, 0.25) is 11.8 Å². The molecule has 1 unspecified atom stereocenters. The summed E-state index contributed by atoms with van der Waals surface area (Å²) >= 11 is 0. The Labute approximate surface area is 122 Å². The van der Waals surface area contributed by atoms with Crippen molar-refractivity contribution in [2.24, 2.45) is 0 Å². The number of aromatic nitrogens is 1. The third-order valence-electron chi connectivity index (χ3n) is 3.29. The zero-order chi connectivity index (χ0) is 15.4. The third kappa shape index (κ3) is 3.88. The second-order valence-electron chi connectivity index (χ2n) is 5.00. The minimum atomic E-state index is -0.435. The lowest BCUT2D eigenvalue weighted by molar-refractivity contribution is -0.120. The van der Waals surface area contributed by atoms with E-state index in [-0.39, 0.29) is 11.7 Å². The molecule has 1 aromatic carbocycles. The van der Waals surface area contributed by atoms with Gasteiger partial charge in [0.25, 0.3) is 0 Å². The van der Waals surface area contributed by atoms with Gasteiger partial charge in [0.05, 0.1) is 11.7 Å². The van der Waals surface area contributed by atoms with Gasteiger partial charge in [-0.2, -0.15) is 0 Å². The highest BCUT2D eigenvalue weighted by molar-refractivity contribution is 5.93. The normalized spacial score (nSPS) is 12.4. The SMILES string of the molecule is Cc1cc(NC(=O)C(C)N(C)Cc2ccccc2F)on1. The second kappa shape index (κ2) is 6.49. The molecule has 0 fully saturated rings. The zero-order valence-electron chi connectivity index (χ0n) is 12.3. The number of amides is 1. The van der Waals surface area contributed by atoms with Crippen LogP contribution in [0.4, 0.5) is 10.3 Å². The first-order valence-corrected chi connectivity index (χ1v) is 6.65. The van der Waals surface area contributed by atoms with Crippen molar-refractivity contribution in [2.45, 2.75) is 26.4 Å². The quantitative estimate of drug-likeness (QED) is 0.920. The van der Waals surface area contributed by atoms with Crippen LogP contribution in [0.5, 0.6) is 0 Å². The van der Waals surface area contributed by atoms with Crippen LogP contribution in [0.2, 0.25) is 0 Å². The van der Waals surface area contributed by atoms with Gasteiger partial charge in [0, 0.05) is 18.2 Å². The Morgan fingerprint density at radius 1 is 1.48 bits per heavy atom. The van der Waals surface area contributed by atoms with Gasteiger partial charge in [0.1, 0.15) is 5.82 Å². The molecule has 0 saturated heterocycles. The molecule has 5 nitrogen and oxygen atoms in total. The van der Waals surface area contributed by atoms with Crippen LogP contribution in [0.1, 0.15) is 18.2 Å². The molecule has 0 aliphatic heterocycles. The lowest BCUT2D eigenvalue weighted by Crippen LogP contribution is -2.39. The van der Waals surface area contributed by atoms with Crippen LogP contribution in [0.15, 0.2) is 34.9 Å². The van der Waals surface area contributed by atoms with Gasteiger partial charge >= 0.3 is 0 Å². The van der Waals surface area contributed by atoms with Crippen molar-refractivity contribution in [1.82, 2.24) is 10.1 Å². The molecular formula is C15H18FN3O2. The lowest BCUT2D eigenvalue weighted by Gasteiger charge is -2.23. The monoisotopic (exact) mass is 291 g/mol. The van der Waals surface area contributed by atoms with Crippen molar-refractivity contribution < 1.29 is 13.7 Å². The third-order valence-corrected chi connectivity index (χ3v) is 3.29. The average Bonchev–Trinajstić information content (AvgIpc) is 2.85. The van der Waals surface area contributed by atoms with E-state index in [1.54, 1.807) is 50.1 Å². The molecule has 1 atom stereocenters. The minimum Gasteiger partial charge on any atom is -0.338 e. The van der Waals surface area contributed by atoms with E-state index in [2.05, 4.69) is 10.5 Å². The molecule has 1 heterocycles. The van der Waals surface area contributed by atoms with Crippen LogP contribution in [0, 0.1) is 12.7 Å². The van der Waals surface area contributed by atoms with Crippen molar-refractivity contribution >= 4 is 11.8 Å². The summed E-state index contributed by atoms with van der Waals surface area (Å²) in [5, 5.41) is 6.34. The molecule has 112 valence electrons. The van der Waals surface area contributed by atoms with Gasteiger partial charge in [-0.1, -0.05) is 23.4 Å². The Morgan fingerprint density at radius 2 is 2.19 bits per heavy atom. The number of hydrogen-bond acceptors (Lipinski definition) is 4. The fraction of sp³-hybridized carbons (Fsp3) is 0.333. The molecular weight excluding hydrogens is 273 g/mol. The standard InChI is InChI=1S/C15H18FN3O2/c1-10-8-14(21-18-10)17-15(20)11(2)19(3)9-12-6-4-5-7-13(12)16/h4-8,11H,9H2,1-3H3,(H,17,20). The summed E-state index contributed by atoms with van der Waals surface area (Å²) in [7, 11) is 1.77. The van der Waals surface area contributed by atoms with Gasteiger partial charge < -0.3 is 4.52 Å². The maximum Gasteiger partial charge on any atom is 0.243 e. The number of halogens is 1. The van der Waals surface area contributed by atoms with E-state index in [0.29, 0.717) is 23.7 Å². The van der Waals surface area contributed by atoms with Crippen molar-refractivity contribution in [3.05, 3.63) is 47.4 Å². The average molecular weight is 291 g/mol. The maximum absolute atomic E-state index is 13.6. The summed E-state index contributed by atoms with van der Waals surface area (Å²) < 4.78 is 18.6. The van der Waals surface area contributed by atoms with E-state index in [0.717, 1.165) is 0 Å². The zero-order valence-corrected chi connectivity index (χ0v) is 12.3. The van der Waals surface area contributed by atoms with E-state index in [1.807, 2.05) is 0 Å². The highest BCUT2D eigenvalue weighted by atomic mass is 19.1. The predicted molar refractivity (Wildman–Crippen MR) is 77.2 cm³/mol. The number of rotatable bonds is 5. The summed E-state index contributed by atoms with van der Waals surface area (Å²) in [6.07, 6.45) is 0. The van der Waals surface area contributed by atoms with Crippen LogP contribution in [-0.2, 0) is 11.3 Å². The predicted octanol–water partition coefficient (Wildman–Crippen LogP) is 2.58. The van der Waals surface area contributed by atoms with Gasteiger partial charge in [-0.3, -0.25) is 15.0 Å². The number of hydrogen-bond donors (Lipinski definition) is 1. The molecule has 2 rings (SSSR count). The van der Waals surface area contributed by atoms with Gasteiger partial charge in [-0.15, -0.1) is 0 Å². The Morgan fingerprint density at radius 3 is 2.81 bits per heavy atom. The smallest absolute Gasteiger partial charge is 0.243 e. The highest BCUT2D eigenvalue weighted by Gasteiger charge is 2.20. The molecule has 0 aliphatic rings. The van der Waals surface area contributed by atoms with Crippen molar-refractivity contribution in [3.8, 4) is 0 Å². The van der Waals surface area contributed by atoms with Gasteiger partial charge in [-0.25, -0.2) is 4.39 Å². The first-order valence-electron chi connectivity index (χ1n) is 6.65. The van der Waals surface area contributed by atoms with Crippen molar-refractivity contribution in [2.75, 3.05) is 12.4 Å². The van der Waals surface area contributed by atoms with Gasteiger partial charge in [-0.05, 0) is 27.0 Å².